The third-order valence-electron chi connectivity index (χ3n) is 2.50. The van der Waals surface area contributed by atoms with Gasteiger partial charge in [-0.1, -0.05) is 18.2 Å². The number of ether oxygens (including phenoxy) is 1. The van der Waals surface area contributed by atoms with Crippen molar-refractivity contribution in [2.75, 3.05) is 13.2 Å². The number of para-hydroxylation sites is 1. The van der Waals surface area contributed by atoms with Gasteiger partial charge < -0.3 is 20.3 Å². The Bertz CT molecular complexity index is 446. The van der Waals surface area contributed by atoms with Crippen molar-refractivity contribution in [1.82, 2.24) is 5.32 Å². The highest BCUT2D eigenvalue weighted by molar-refractivity contribution is 5.83. The number of benzene rings is 1. The molecule has 0 aliphatic heterocycles. The summed E-state index contributed by atoms with van der Waals surface area (Å²) in [5, 5.41) is 19.6. The largest absolute Gasteiger partial charge is 0.493 e. The second-order valence-corrected chi connectivity index (χ2v) is 4.00. The topological polar surface area (TPSA) is 95.9 Å². The molecule has 0 fully saturated rings. The average Bonchev–Trinajstić information content (AvgIpc) is 2.38. The lowest BCUT2D eigenvalue weighted by atomic mass is 10.2. The number of aryl methyl sites for hydroxylation is 1. The predicted octanol–water partition coefficient (Wildman–Crippen LogP) is 0.326. The molecule has 6 heteroatoms. The van der Waals surface area contributed by atoms with Gasteiger partial charge in [-0.25, -0.2) is 4.79 Å². The lowest BCUT2D eigenvalue weighted by Crippen LogP contribution is -2.43. The second-order valence-electron chi connectivity index (χ2n) is 4.00. The number of carboxylic acids is 1. The first kappa shape index (κ1) is 15.0. The fraction of sp³-hybridized carbons (Fsp3) is 0.385. The SMILES string of the molecule is Cc1ccccc1OCCC(=O)N[C@@H](CO)C(=O)O. The summed E-state index contributed by atoms with van der Waals surface area (Å²) in [6.07, 6.45) is 0.0259. The molecule has 0 saturated carbocycles. The highest BCUT2D eigenvalue weighted by Gasteiger charge is 2.18. The Balaban J connectivity index is 2.35. The van der Waals surface area contributed by atoms with Gasteiger partial charge in [-0.05, 0) is 18.6 Å². The summed E-state index contributed by atoms with van der Waals surface area (Å²) in [5.74, 6) is -1.06. The van der Waals surface area contributed by atoms with E-state index in [2.05, 4.69) is 5.32 Å². The smallest absolute Gasteiger partial charge is 0.328 e. The Morgan fingerprint density at radius 3 is 2.63 bits per heavy atom. The van der Waals surface area contributed by atoms with Gasteiger partial charge in [0, 0.05) is 0 Å². The molecular weight excluding hydrogens is 250 g/mol. The molecule has 19 heavy (non-hydrogen) atoms. The van der Waals surface area contributed by atoms with E-state index in [-0.39, 0.29) is 13.0 Å². The first-order valence-electron chi connectivity index (χ1n) is 5.86. The molecule has 0 aromatic heterocycles. The number of carbonyl (C=O) groups excluding carboxylic acids is 1. The van der Waals surface area contributed by atoms with Gasteiger partial charge >= 0.3 is 5.97 Å². The molecule has 1 atom stereocenters. The van der Waals surface area contributed by atoms with Crippen LogP contribution < -0.4 is 10.1 Å². The average molecular weight is 267 g/mol. The van der Waals surface area contributed by atoms with E-state index in [0.29, 0.717) is 5.75 Å². The van der Waals surface area contributed by atoms with Crippen LogP contribution in [0.15, 0.2) is 24.3 Å². The van der Waals surface area contributed by atoms with Crippen molar-refractivity contribution in [3.8, 4) is 5.75 Å². The van der Waals surface area contributed by atoms with Gasteiger partial charge in [0.15, 0.2) is 0 Å². The maximum absolute atomic E-state index is 11.4. The second kappa shape index (κ2) is 7.38. The molecule has 1 aromatic carbocycles. The van der Waals surface area contributed by atoms with Crippen molar-refractivity contribution in [3.05, 3.63) is 29.8 Å². The van der Waals surface area contributed by atoms with Crippen molar-refractivity contribution in [2.24, 2.45) is 0 Å². The van der Waals surface area contributed by atoms with E-state index in [0.717, 1.165) is 5.56 Å². The van der Waals surface area contributed by atoms with Gasteiger partial charge in [0.05, 0.1) is 19.6 Å². The summed E-state index contributed by atoms with van der Waals surface area (Å²) >= 11 is 0. The number of aliphatic hydroxyl groups excluding tert-OH is 1. The zero-order chi connectivity index (χ0) is 14.3. The van der Waals surface area contributed by atoms with Crippen LogP contribution in [-0.4, -0.2) is 41.3 Å². The lowest BCUT2D eigenvalue weighted by Gasteiger charge is -2.12. The van der Waals surface area contributed by atoms with Crippen molar-refractivity contribution in [2.45, 2.75) is 19.4 Å². The Kier molecular flexibility index (Phi) is 5.81. The third kappa shape index (κ3) is 4.97. The molecule has 0 spiro atoms. The molecule has 1 aromatic rings. The molecule has 1 amide bonds. The number of amides is 1. The van der Waals surface area contributed by atoms with E-state index in [1.807, 2.05) is 25.1 Å². The van der Waals surface area contributed by atoms with E-state index in [1.165, 1.54) is 0 Å². The highest BCUT2D eigenvalue weighted by atomic mass is 16.5. The molecule has 0 saturated heterocycles. The number of aliphatic carboxylic acids is 1. The number of hydrogen-bond acceptors (Lipinski definition) is 4. The van der Waals surface area contributed by atoms with E-state index in [4.69, 9.17) is 14.9 Å². The van der Waals surface area contributed by atoms with Crippen molar-refractivity contribution < 1.29 is 24.5 Å². The number of rotatable bonds is 7. The Morgan fingerprint density at radius 1 is 1.37 bits per heavy atom. The fourth-order valence-corrected chi connectivity index (χ4v) is 1.42. The molecule has 104 valence electrons. The van der Waals surface area contributed by atoms with Crippen LogP contribution in [0.2, 0.25) is 0 Å². The standard InChI is InChI=1S/C13H17NO5/c1-9-4-2-3-5-11(9)19-7-6-12(16)14-10(8-15)13(17)18/h2-5,10,15H,6-8H2,1H3,(H,14,16)(H,17,18)/t10-/m0/s1. The summed E-state index contributed by atoms with van der Waals surface area (Å²) in [7, 11) is 0. The van der Waals surface area contributed by atoms with Crippen LogP contribution in [0.1, 0.15) is 12.0 Å². The number of carboxylic acid groups (broad SMARTS) is 1. The van der Waals surface area contributed by atoms with Gasteiger partial charge in [0.2, 0.25) is 5.91 Å². The summed E-state index contributed by atoms with van der Waals surface area (Å²) in [5.41, 5.74) is 0.960. The van der Waals surface area contributed by atoms with Gasteiger partial charge in [-0.3, -0.25) is 4.79 Å². The lowest BCUT2D eigenvalue weighted by molar-refractivity contribution is -0.143. The van der Waals surface area contributed by atoms with Crippen LogP contribution in [0.3, 0.4) is 0 Å². The van der Waals surface area contributed by atoms with Crippen LogP contribution in [0.25, 0.3) is 0 Å². The minimum Gasteiger partial charge on any atom is -0.493 e. The van der Waals surface area contributed by atoms with E-state index < -0.39 is 24.5 Å². The van der Waals surface area contributed by atoms with Gasteiger partial charge in [0.25, 0.3) is 0 Å². The maximum Gasteiger partial charge on any atom is 0.328 e. The maximum atomic E-state index is 11.4. The zero-order valence-corrected chi connectivity index (χ0v) is 10.6. The van der Waals surface area contributed by atoms with Crippen LogP contribution >= 0.6 is 0 Å². The minimum atomic E-state index is -1.27. The summed E-state index contributed by atoms with van der Waals surface area (Å²) in [6.45, 7) is 1.40. The molecule has 3 N–H and O–H groups in total. The molecular formula is C13H17NO5. The molecule has 0 bridgehead atoms. The molecule has 6 nitrogen and oxygen atoms in total. The summed E-state index contributed by atoms with van der Waals surface area (Å²) in [6, 6.07) is 6.12. The van der Waals surface area contributed by atoms with Crippen LogP contribution in [0, 0.1) is 6.92 Å². The molecule has 1 rings (SSSR count). The summed E-state index contributed by atoms with van der Waals surface area (Å²) in [4.78, 5) is 22.0. The first-order valence-corrected chi connectivity index (χ1v) is 5.86. The van der Waals surface area contributed by atoms with Crippen molar-refractivity contribution >= 4 is 11.9 Å². The van der Waals surface area contributed by atoms with Gasteiger partial charge in [-0.2, -0.15) is 0 Å². The third-order valence-corrected chi connectivity index (χ3v) is 2.50. The number of nitrogens with one attached hydrogen (secondary N) is 1. The number of aliphatic hydroxyl groups is 1. The predicted molar refractivity (Wildman–Crippen MR) is 67.9 cm³/mol. The highest BCUT2D eigenvalue weighted by Crippen LogP contribution is 2.16. The van der Waals surface area contributed by atoms with Crippen molar-refractivity contribution in [1.29, 1.82) is 0 Å². The van der Waals surface area contributed by atoms with Crippen LogP contribution in [0.5, 0.6) is 5.75 Å². The van der Waals surface area contributed by atoms with Crippen molar-refractivity contribution in [3.63, 3.8) is 0 Å². The quantitative estimate of drug-likeness (QED) is 0.661. The number of carbonyl (C=O) groups is 2. The number of hydrogen-bond donors (Lipinski definition) is 3. The normalized spacial score (nSPS) is 11.7. The summed E-state index contributed by atoms with van der Waals surface area (Å²) < 4.78 is 5.41. The first-order chi connectivity index (χ1) is 9.04. The van der Waals surface area contributed by atoms with Gasteiger partial charge in [0.1, 0.15) is 11.8 Å². The van der Waals surface area contributed by atoms with Crippen LogP contribution in [-0.2, 0) is 9.59 Å². The minimum absolute atomic E-state index is 0.0259. The zero-order valence-electron chi connectivity index (χ0n) is 10.6. The van der Waals surface area contributed by atoms with Gasteiger partial charge in [-0.15, -0.1) is 0 Å². The monoisotopic (exact) mass is 267 g/mol. The molecule has 0 unspecified atom stereocenters. The Morgan fingerprint density at radius 2 is 2.05 bits per heavy atom. The molecule has 0 radical (unpaired) electrons. The van der Waals surface area contributed by atoms with E-state index in [1.54, 1.807) is 6.07 Å². The Labute approximate surface area is 111 Å². The molecule has 0 aliphatic carbocycles. The molecule has 0 aliphatic rings. The van der Waals surface area contributed by atoms with Crippen LogP contribution in [0.4, 0.5) is 0 Å². The van der Waals surface area contributed by atoms with E-state index in [9.17, 15) is 9.59 Å². The fourth-order valence-electron chi connectivity index (χ4n) is 1.42. The van der Waals surface area contributed by atoms with E-state index >= 15 is 0 Å². The Hall–Kier alpha value is -2.08. The molecule has 0 heterocycles.